The number of nitrogens with two attached hydrogens (primary N) is 1. The van der Waals surface area contributed by atoms with Crippen LogP contribution in [0.5, 0.6) is 0 Å². The predicted molar refractivity (Wildman–Crippen MR) is 73.2 cm³/mol. The minimum Gasteiger partial charge on any atom is -0.342 e. The van der Waals surface area contributed by atoms with Crippen molar-refractivity contribution in [3.05, 3.63) is 0 Å². The first-order valence-electron chi connectivity index (χ1n) is 7.31. The topological polar surface area (TPSA) is 49.6 Å². The van der Waals surface area contributed by atoms with E-state index in [0.29, 0.717) is 12.1 Å². The third-order valence-corrected chi connectivity index (χ3v) is 4.80. The van der Waals surface area contributed by atoms with E-state index < -0.39 is 0 Å². The average Bonchev–Trinajstić information content (AvgIpc) is 2.92. The van der Waals surface area contributed by atoms with Gasteiger partial charge in [0.25, 0.3) is 0 Å². The van der Waals surface area contributed by atoms with Gasteiger partial charge in [-0.3, -0.25) is 9.69 Å². The molecule has 104 valence electrons. The van der Waals surface area contributed by atoms with Crippen molar-refractivity contribution in [3.8, 4) is 0 Å². The van der Waals surface area contributed by atoms with Crippen molar-refractivity contribution < 1.29 is 4.79 Å². The van der Waals surface area contributed by atoms with Gasteiger partial charge in [-0.1, -0.05) is 6.92 Å². The summed E-state index contributed by atoms with van der Waals surface area (Å²) in [6, 6.07) is 0. The van der Waals surface area contributed by atoms with Gasteiger partial charge in [-0.2, -0.15) is 0 Å². The SMILES string of the molecule is CC(CN)C(=O)N1CCC(C)(N2CCCC2)CC1. The lowest BCUT2D eigenvalue weighted by Gasteiger charge is -2.45. The van der Waals surface area contributed by atoms with Crippen LogP contribution in [-0.4, -0.2) is 54.0 Å². The van der Waals surface area contributed by atoms with Crippen LogP contribution in [0.3, 0.4) is 0 Å². The van der Waals surface area contributed by atoms with Crippen molar-refractivity contribution in [2.45, 2.75) is 45.1 Å². The van der Waals surface area contributed by atoms with Gasteiger partial charge in [0.1, 0.15) is 0 Å². The Labute approximate surface area is 110 Å². The van der Waals surface area contributed by atoms with E-state index in [4.69, 9.17) is 5.73 Å². The molecule has 0 aliphatic carbocycles. The fraction of sp³-hybridized carbons (Fsp3) is 0.929. The van der Waals surface area contributed by atoms with Crippen LogP contribution >= 0.6 is 0 Å². The molecule has 1 unspecified atom stereocenters. The summed E-state index contributed by atoms with van der Waals surface area (Å²) in [4.78, 5) is 16.7. The molecular formula is C14H27N3O. The number of rotatable bonds is 3. The summed E-state index contributed by atoms with van der Waals surface area (Å²) in [6.45, 7) is 9.03. The number of likely N-dealkylation sites (tertiary alicyclic amines) is 2. The average molecular weight is 253 g/mol. The van der Waals surface area contributed by atoms with Gasteiger partial charge in [0.15, 0.2) is 0 Å². The highest BCUT2D eigenvalue weighted by molar-refractivity contribution is 5.78. The van der Waals surface area contributed by atoms with Crippen LogP contribution in [0.1, 0.15) is 39.5 Å². The molecule has 2 heterocycles. The van der Waals surface area contributed by atoms with Gasteiger partial charge in [-0.05, 0) is 45.7 Å². The molecule has 2 fully saturated rings. The monoisotopic (exact) mass is 253 g/mol. The predicted octanol–water partition coefficient (Wildman–Crippen LogP) is 1.06. The smallest absolute Gasteiger partial charge is 0.226 e. The summed E-state index contributed by atoms with van der Waals surface area (Å²) in [7, 11) is 0. The van der Waals surface area contributed by atoms with Crippen LogP contribution in [0.25, 0.3) is 0 Å². The van der Waals surface area contributed by atoms with Gasteiger partial charge in [0.05, 0.1) is 0 Å². The third-order valence-electron chi connectivity index (χ3n) is 4.80. The van der Waals surface area contributed by atoms with Gasteiger partial charge in [-0.25, -0.2) is 0 Å². The second-order valence-corrected chi connectivity index (χ2v) is 6.15. The fourth-order valence-corrected chi connectivity index (χ4v) is 3.19. The molecule has 2 rings (SSSR count). The molecule has 0 radical (unpaired) electrons. The fourth-order valence-electron chi connectivity index (χ4n) is 3.19. The van der Waals surface area contributed by atoms with Gasteiger partial charge in [0, 0.05) is 31.1 Å². The normalized spacial score (nSPS) is 26.3. The first kappa shape index (κ1) is 13.8. The maximum Gasteiger partial charge on any atom is 0.226 e. The van der Waals surface area contributed by atoms with Crippen LogP contribution in [0.15, 0.2) is 0 Å². The number of hydrogen-bond acceptors (Lipinski definition) is 3. The van der Waals surface area contributed by atoms with E-state index >= 15 is 0 Å². The zero-order valence-corrected chi connectivity index (χ0v) is 11.8. The lowest BCUT2D eigenvalue weighted by molar-refractivity contribution is -0.137. The second kappa shape index (κ2) is 5.57. The van der Waals surface area contributed by atoms with E-state index in [1.807, 2.05) is 11.8 Å². The Balaban J connectivity index is 1.89. The third kappa shape index (κ3) is 2.69. The summed E-state index contributed by atoms with van der Waals surface area (Å²) in [5.74, 6) is 0.210. The Kier molecular flexibility index (Phi) is 4.28. The minimum atomic E-state index is -0.0267. The lowest BCUT2D eigenvalue weighted by atomic mass is 9.87. The van der Waals surface area contributed by atoms with Crippen molar-refractivity contribution in [3.63, 3.8) is 0 Å². The standard InChI is InChI=1S/C14H27N3O/c1-12(11-15)13(18)16-9-5-14(2,6-10-16)17-7-3-4-8-17/h12H,3-11,15H2,1-2H3. The number of piperidine rings is 1. The van der Waals surface area contributed by atoms with Crippen LogP contribution in [0.2, 0.25) is 0 Å². The van der Waals surface area contributed by atoms with Crippen LogP contribution < -0.4 is 5.73 Å². The molecule has 0 bridgehead atoms. The van der Waals surface area contributed by atoms with Crippen LogP contribution in [-0.2, 0) is 4.79 Å². The molecule has 18 heavy (non-hydrogen) atoms. The summed E-state index contributed by atoms with van der Waals surface area (Å²) in [6.07, 6.45) is 4.89. The van der Waals surface area contributed by atoms with E-state index in [2.05, 4.69) is 11.8 Å². The molecule has 2 aliphatic rings. The molecule has 0 saturated carbocycles. The maximum atomic E-state index is 12.1. The molecule has 2 aliphatic heterocycles. The Morgan fingerprint density at radius 3 is 2.28 bits per heavy atom. The molecule has 1 amide bonds. The number of hydrogen-bond donors (Lipinski definition) is 1. The summed E-state index contributed by atoms with van der Waals surface area (Å²) in [5, 5.41) is 0. The number of carbonyl (C=O) groups excluding carboxylic acids is 1. The lowest BCUT2D eigenvalue weighted by Crippen LogP contribution is -2.54. The Bertz CT molecular complexity index is 291. The van der Waals surface area contributed by atoms with E-state index in [-0.39, 0.29) is 11.8 Å². The first-order chi connectivity index (χ1) is 8.57. The highest BCUT2D eigenvalue weighted by Crippen LogP contribution is 2.31. The van der Waals surface area contributed by atoms with Crippen molar-refractivity contribution in [2.24, 2.45) is 11.7 Å². The van der Waals surface area contributed by atoms with Gasteiger partial charge < -0.3 is 10.6 Å². The molecule has 2 N–H and O–H groups in total. The molecule has 1 atom stereocenters. The van der Waals surface area contributed by atoms with Crippen molar-refractivity contribution in [1.82, 2.24) is 9.80 Å². The molecular weight excluding hydrogens is 226 g/mol. The first-order valence-corrected chi connectivity index (χ1v) is 7.31. The maximum absolute atomic E-state index is 12.1. The Morgan fingerprint density at radius 1 is 1.22 bits per heavy atom. The highest BCUT2D eigenvalue weighted by Gasteiger charge is 2.38. The van der Waals surface area contributed by atoms with E-state index in [9.17, 15) is 4.79 Å². The number of carbonyl (C=O) groups is 1. The zero-order chi connectivity index (χ0) is 13.2. The van der Waals surface area contributed by atoms with Crippen LogP contribution in [0, 0.1) is 5.92 Å². The molecule has 2 saturated heterocycles. The second-order valence-electron chi connectivity index (χ2n) is 6.15. The Morgan fingerprint density at radius 2 is 1.78 bits per heavy atom. The van der Waals surface area contributed by atoms with Crippen LogP contribution in [0.4, 0.5) is 0 Å². The van der Waals surface area contributed by atoms with E-state index in [0.717, 1.165) is 25.9 Å². The summed E-state index contributed by atoms with van der Waals surface area (Å²) < 4.78 is 0. The minimum absolute atomic E-state index is 0.0267. The zero-order valence-electron chi connectivity index (χ0n) is 11.8. The van der Waals surface area contributed by atoms with E-state index in [1.54, 1.807) is 0 Å². The largest absolute Gasteiger partial charge is 0.342 e. The summed E-state index contributed by atoms with van der Waals surface area (Å²) >= 11 is 0. The van der Waals surface area contributed by atoms with E-state index in [1.165, 1.54) is 25.9 Å². The van der Waals surface area contributed by atoms with Crippen molar-refractivity contribution >= 4 is 5.91 Å². The molecule has 0 aromatic rings. The summed E-state index contributed by atoms with van der Waals surface area (Å²) in [5.41, 5.74) is 5.90. The highest BCUT2D eigenvalue weighted by atomic mass is 16.2. The number of amides is 1. The van der Waals surface area contributed by atoms with Gasteiger partial charge >= 0.3 is 0 Å². The Hall–Kier alpha value is -0.610. The molecule has 0 aromatic carbocycles. The molecule has 4 nitrogen and oxygen atoms in total. The van der Waals surface area contributed by atoms with Gasteiger partial charge in [0.2, 0.25) is 5.91 Å². The number of nitrogens with zero attached hydrogens (tertiary/aromatic N) is 2. The van der Waals surface area contributed by atoms with Crippen molar-refractivity contribution in [2.75, 3.05) is 32.7 Å². The molecule has 0 spiro atoms. The molecule has 4 heteroatoms. The van der Waals surface area contributed by atoms with Gasteiger partial charge in [-0.15, -0.1) is 0 Å². The molecule has 0 aromatic heterocycles. The quantitative estimate of drug-likeness (QED) is 0.818. The van der Waals surface area contributed by atoms with Crippen molar-refractivity contribution in [1.29, 1.82) is 0 Å².